The Morgan fingerprint density at radius 1 is 1.21 bits per heavy atom. The Kier molecular flexibility index (Phi) is 5.51. The summed E-state index contributed by atoms with van der Waals surface area (Å²) in [6, 6.07) is 9.20. The number of carboxylic acids is 1. The van der Waals surface area contributed by atoms with E-state index >= 15 is 0 Å². The number of nitrogens with zero attached hydrogens (tertiary/aromatic N) is 2. The van der Waals surface area contributed by atoms with Crippen molar-refractivity contribution in [2.24, 2.45) is 0 Å². The number of halogens is 1. The van der Waals surface area contributed by atoms with E-state index in [1.807, 2.05) is 23.1 Å². The van der Waals surface area contributed by atoms with Gasteiger partial charge in [0.05, 0.1) is 19.9 Å². The summed E-state index contributed by atoms with van der Waals surface area (Å²) in [5.41, 5.74) is 3.13. The molecule has 2 N–H and O–H groups in total. The second kappa shape index (κ2) is 8.49. The highest BCUT2D eigenvalue weighted by Gasteiger charge is 2.33. The van der Waals surface area contributed by atoms with Crippen molar-refractivity contribution in [3.8, 4) is 22.1 Å². The fourth-order valence-electron chi connectivity index (χ4n) is 4.36. The number of carbonyl (C=O) groups is 1. The van der Waals surface area contributed by atoms with Crippen LogP contribution in [-0.4, -0.2) is 46.7 Å². The Labute approximate surface area is 193 Å². The molecule has 0 fully saturated rings. The first kappa shape index (κ1) is 21.4. The Morgan fingerprint density at radius 2 is 2.03 bits per heavy atom. The molecule has 0 unspecified atom stereocenters. The van der Waals surface area contributed by atoms with Crippen LogP contribution in [0.4, 0.5) is 4.39 Å². The van der Waals surface area contributed by atoms with Gasteiger partial charge in [0, 0.05) is 52.6 Å². The predicted octanol–water partition coefficient (Wildman–Crippen LogP) is 4.63. The minimum Gasteiger partial charge on any atom is -0.493 e. The Hall–Kier alpha value is -3.43. The first-order valence-corrected chi connectivity index (χ1v) is 11.2. The second-order valence-corrected chi connectivity index (χ2v) is 8.94. The van der Waals surface area contributed by atoms with Crippen molar-refractivity contribution in [1.82, 2.24) is 14.9 Å². The van der Waals surface area contributed by atoms with Gasteiger partial charge in [0.1, 0.15) is 16.9 Å². The number of rotatable bonds is 6. The molecule has 0 saturated carbocycles. The Balaban J connectivity index is 1.46. The number of benzene rings is 2. The summed E-state index contributed by atoms with van der Waals surface area (Å²) in [6.45, 7) is 1.04. The van der Waals surface area contributed by atoms with Crippen LogP contribution in [0.1, 0.15) is 22.2 Å². The molecule has 1 aliphatic heterocycles. The molecule has 0 radical (unpaired) electrons. The zero-order valence-corrected chi connectivity index (χ0v) is 18.9. The minimum absolute atomic E-state index is 0.363. The van der Waals surface area contributed by atoms with Crippen molar-refractivity contribution < 1.29 is 23.8 Å². The summed E-state index contributed by atoms with van der Waals surface area (Å²) in [4.78, 5) is 23.1. The first-order valence-electron chi connectivity index (χ1n) is 10.4. The molecule has 3 heterocycles. The lowest BCUT2D eigenvalue weighted by Crippen LogP contribution is -2.37. The van der Waals surface area contributed by atoms with Crippen molar-refractivity contribution in [2.75, 3.05) is 20.8 Å². The number of nitrogens with one attached hydrogen (secondary N) is 1. The SMILES string of the molecule is COc1ccc(-c2nc3c(s2)CN([C@@H](C(=O)O)c2c[nH]c4cc(F)ccc24)CC3)cc1OC. The molecule has 0 spiro atoms. The maximum absolute atomic E-state index is 13.6. The highest BCUT2D eigenvalue weighted by atomic mass is 32.1. The molecule has 2 aromatic carbocycles. The van der Waals surface area contributed by atoms with Crippen LogP contribution in [0.25, 0.3) is 21.5 Å². The number of hydrogen-bond donors (Lipinski definition) is 2. The van der Waals surface area contributed by atoms with Gasteiger partial charge in [-0.25, -0.2) is 9.37 Å². The molecule has 0 saturated heterocycles. The summed E-state index contributed by atoms with van der Waals surface area (Å²) >= 11 is 1.56. The van der Waals surface area contributed by atoms with Crippen molar-refractivity contribution in [3.63, 3.8) is 0 Å². The van der Waals surface area contributed by atoms with E-state index in [1.54, 1.807) is 37.8 Å². The number of aromatic nitrogens is 2. The highest BCUT2D eigenvalue weighted by molar-refractivity contribution is 7.15. The molecule has 7 nitrogen and oxygen atoms in total. The number of hydrogen-bond acceptors (Lipinski definition) is 6. The molecule has 170 valence electrons. The van der Waals surface area contributed by atoms with Gasteiger partial charge in [0.15, 0.2) is 11.5 Å². The molecular weight excluding hydrogens is 445 g/mol. The standard InChI is InChI=1S/C24H22FN3O4S/c1-31-19-6-3-13(9-20(19)32-2)23-27-17-7-8-28(12-21(17)33-23)22(24(29)30)16-11-26-18-10-14(25)4-5-15(16)18/h3-6,9-11,22,26H,7-8,12H2,1-2H3,(H,29,30)/t22-/m1/s1. The minimum atomic E-state index is -0.937. The van der Waals surface area contributed by atoms with Gasteiger partial charge in [-0.05, 0) is 36.4 Å². The first-order chi connectivity index (χ1) is 16.0. The third kappa shape index (κ3) is 3.83. The average molecular weight is 468 g/mol. The molecule has 1 aliphatic rings. The highest BCUT2D eigenvalue weighted by Crippen LogP contribution is 2.38. The Morgan fingerprint density at radius 3 is 2.79 bits per heavy atom. The van der Waals surface area contributed by atoms with E-state index in [2.05, 4.69) is 4.98 Å². The lowest BCUT2D eigenvalue weighted by atomic mass is 10.0. The van der Waals surface area contributed by atoms with Gasteiger partial charge in [0.2, 0.25) is 0 Å². The van der Waals surface area contributed by atoms with E-state index in [-0.39, 0.29) is 5.82 Å². The van der Waals surface area contributed by atoms with Gasteiger partial charge in [-0.3, -0.25) is 9.69 Å². The summed E-state index contributed by atoms with van der Waals surface area (Å²) in [5, 5.41) is 11.7. The van der Waals surface area contributed by atoms with E-state index < -0.39 is 12.0 Å². The second-order valence-electron chi connectivity index (χ2n) is 7.85. The summed E-state index contributed by atoms with van der Waals surface area (Å²) in [7, 11) is 3.19. The van der Waals surface area contributed by atoms with Crippen molar-refractivity contribution in [2.45, 2.75) is 19.0 Å². The smallest absolute Gasteiger partial charge is 0.325 e. The number of methoxy groups -OCH3 is 2. The van der Waals surface area contributed by atoms with E-state index in [9.17, 15) is 14.3 Å². The third-order valence-corrected chi connectivity index (χ3v) is 7.09. The molecule has 0 bridgehead atoms. The zero-order chi connectivity index (χ0) is 23.1. The number of H-pyrrole nitrogens is 1. The maximum Gasteiger partial charge on any atom is 0.325 e. The number of ether oxygens (including phenoxy) is 2. The molecule has 2 aromatic heterocycles. The van der Waals surface area contributed by atoms with Crippen LogP contribution < -0.4 is 9.47 Å². The van der Waals surface area contributed by atoms with Crippen LogP contribution in [0, 0.1) is 5.82 Å². The van der Waals surface area contributed by atoms with Gasteiger partial charge in [-0.15, -0.1) is 11.3 Å². The van der Waals surface area contributed by atoms with Crippen molar-refractivity contribution in [3.05, 3.63) is 64.5 Å². The summed E-state index contributed by atoms with van der Waals surface area (Å²) in [5.74, 6) is -0.0192. The van der Waals surface area contributed by atoms with Gasteiger partial charge >= 0.3 is 5.97 Å². The maximum atomic E-state index is 13.6. The van der Waals surface area contributed by atoms with E-state index in [0.29, 0.717) is 47.5 Å². The van der Waals surface area contributed by atoms with Gasteiger partial charge < -0.3 is 19.6 Å². The largest absolute Gasteiger partial charge is 0.493 e. The van der Waals surface area contributed by atoms with E-state index in [1.165, 1.54) is 12.1 Å². The molecule has 0 amide bonds. The molecule has 4 aromatic rings. The molecule has 1 atom stereocenters. The number of fused-ring (bicyclic) bond motifs is 2. The number of aromatic amines is 1. The Bertz CT molecular complexity index is 1350. The zero-order valence-electron chi connectivity index (χ0n) is 18.1. The normalized spacial score (nSPS) is 14.8. The van der Waals surface area contributed by atoms with E-state index in [0.717, 1.165) is 21.1 Å². The van der Waals surface area contributed by atoms with Crippen molar-refractivity contribution in [1.29, 1.82) is 0 Å². The van der Waals surface area contributed by atoms with Crippen LogP contribution >= 0.6 is 11.3 Å². The van der Waals surface area contributed by atoms with Gasteiger partial charge in [-0.1, -0.05) is 0 Å². The number of thiazole rings is 1. The lowest BCUT2D eigenvalue weighted by molar-refractivity contribution is -0.144. The molecular formula is C24H22FN3O4S. The van der Waals surface area contributed by atoms with Crippen LogP contribution in [0.2, 0.25) is 0 Å². The van der Waals surface area contributed by atoms with Gasteiger partial charge in [0.25, 0.3) is 0 Å². The molecule has 9 heteroatoms. The topological polar surface area (TPSA) is 87.7 Å². The molecule has 33 heavy (non-hydrogen) atoms. The van der Waals surface area contributed by atoms with Crippen LogP contribution in [0.15, 0.2) is 42.6 Å². The van der Waals surface area contributed by atoms with Crippen molar-refractivity contribution >= 4 is 28.2 Å². The number of aliphatic carboxylic acids is 1. The molecule has 0 aliphatic carbocycles. The summed E-state index contributed by atoms with van der Waals surface area (Å²) < 4.78 is 24.3. The van der Waals surface area contributed by atoms with Crippen LogP contribution in [0.5, 0.6) is 11.5 Å². The monoisotopic (exact) mass is 467 g/mol. The third-order valence-electron chi connectivity index (χ3n) is 5.96. The fraction of sp³-hybridized carbons (Fsp3) is 0.250. The average Bonchev–Trinajstić information content (AvgIpc) is 3.42. The predicted molar refractivity (Wildman–Crippen MR) is 123 cm³/mol. The quantitative estimate of drug-likeness (QED) is 0.430. The summed E-state index contributed by atoms with van der Waals surface area (Å²) in [6.07, 6.45) is 2.32. The fourth-order valence-corrected chi connectivity index (χ4v) is 5.49. The number of carboxylic acid groups (broad SMARTS) is 1. The van der Waals surface area contributed by atoms with Gasteiger partial charge in [-0.2, -0.15) is 0 Å². The van der Waals surface area contributed by atoms with E-state index in [4.69, 9.17) is 14.5 Å². The molecule has 5 rings (SSSR count). The van der Waals surface area contributed by atoms with Crippen LogP contribution in [0.3, 0.4) is 0 Å². The van der Waals surface area contributed by atoms with Crippen LogP contribution in [-0.2, 0) is 17.8 Å². The lowest BCUT2D eigenvalue weighted by Gasteiger charge is -2.31.